The van der Waals surface area contributed by atoms with Crippen LogP contribution in [0.2, 0.25) is 0 Å². The minimum Gasteiger partial charge on any atom is -0.361 e. The smallest absolute Gasteiger partial charge is 0.226 e. The van der Waals surface area contributed by atoms with Crippen molar-refractivity contribution < 1.29 is 9.32 Å². The summed E-state index contributed by atoms with van der Waals surface area (Å²) in [6.45, 7) is 2.77. The van der Waals surface area contributed by atoms with Gasteiger partial charge in [-0.25, -0.2) is 0 Å². The molecule has 1 amide bonds. The van der Waals surface area contributed by atoms with E-state index in [2.05, 4.69) is 5.16 Å². The lowest BCUT2D eigenvalue weighted by molar-refractivity contribution is -0.133. The summed E-state index contributed by atoms with van der Waals surface area (Å²) in [5.74, 6) is 1.44. The van der Waals surface area contributed by atoms with Crippen LogP contribution in [0.3, 0.4) is 0 Å². The van der Waals surface area contributed by atoms with Crippen LogP contribution in [-0.2, 0) is 4.79 Å². The fourth-order valence-corrected chi connectivity index (χ4v) is 2.45. The molecule has 2 aliphatic rings. The average molecular weight is 220 g/mol. The van der Waals surface area contributed by atoms with Gasteiger partial charge in [0.1, 0.15) is 11.5 Å². The quantitative estimate of drug-likeness (QED) is 0.766. The molecule has 86 valence electrons. The van der Waals surface area contributed by atoms with Gasteiger partial charge in [0, 0.05) is 18.5 Å². The number of likely N-dealkylation sites (tertiary alicyclic amines) is 1. The highest BCUT2D eigenvalue weighted by Gasteiger charge is 2.39. The number of rotatable bonds is 2. The van der Waals surface area contributed by atoms with Crippen molar-refractivity contribution in [2.75, 3.05) is 6.54 Å². The summed E-state index contributed by atoms with van der Waals surface area (Å²) >= 11 is 0. The van der Waals surface area contributed by atoms with Crippen LogP contribution in [0.5, 0.6) is 0 Å². The highest BCUT2D eigenvalue weighted by Crippen LogP contribution is 2.38. The minimum absolute atomic E-state index is 0.158. The number of nitrogens with zero attached hydrogens (tertiary/aromatic N) is 2. The van der Waals surface area contributed by atoms with Gasteiger partial charge in [0.05, 0.1) is 6.04 Å². The molecule has 2 heterocycles. The normalized spacial score (nSPS) is 25.1. The van der Waals surface area contributed by atoms with Gasteiger partial charge in [0.25, 0.3) is 0 Å². The van der Waals surface area contributed by atoms with Gasteiger partial charge in [0.2, 0.25) is 5.91 Å². The van der Waals surface area contributed by atoms with Crippen molar-refractivity contribution in [1.82, 2.24) is 10.1 Å². The van der Waals surface area contributed by atoms with E-state index in [-0.39, 0.29) is 6.04 Å². The number of carbonyl (C=O) groups excluding carboxylic acids is 1. The van der Waals surface area contributed by atoms with E-state index in [1.54, 1.807) is 0 Å². The van der Waals surface area contributed by atoms with Gasteiger partial charge in [-0.2, -0.15) is 0 Å². The molecule has 0 bridgehead atoms. The summed E-state index contributed by atoms with van der Waals surface area (Å²) in [5, 5.41) is 4.04. The second kappa shape index (κ2) is 3.61. The molecule has 2 fully saturated rings. The Labute approximate surface area is 94.6 Å². The first-order valence-corrected chi connectivity index (χ1v) is 5.99. The lowest BCUT2D eigenvalue weighted by Gasteiger charge is -2.22. The number of hydrogen-bond acceptors (Lipinski definition) is 3. The third kappa shape index (κ3) is 1.62. The molecule has 0 N–H and O–H groups in total. The molecule has 1 aliphatic heterocycles. The zero-order valence-electron chi connectivity index (χ0n) is 9.48. The van der Waals surface area contributed by atoms with Crippen LogP contribution in [0, 0.1) is 12.8 Å². The van der Waals surface area contributed by atoms with Gasteiger partial charge in [-0.05, 0) is 32.6 Å². The highest BCUT2D eigenvalue weighted by atomic mass is 16.5. The van der Waals surface area contributed by atoms with Crippen molar-refractivity contribution in [2.24, 2.45) is 5.92 Å². The Balaban J connectivity index is 1.80. The van der Waals surface area contributed by atoms with Gasteiger partial charge in [-0.3, -0.25) is 4.79 Å². The first-order valence-electron chi connectivity index (χ1n) is 5.99. The molecule has 1 saturated heterocycles. The first-order chi connectivity index (χ1) is 7.75. The molecule has 1 unspecified atom stereocenters. The van der Waals surface area contributed by atoms with Crippen molar-refractivity contribution >= 4 is 5.91 Å². The van der Waals surface area contributed by atoms with Gasteiger partial charge >= 0.3 is 0 Å². The number of hydrogen-bond donors (Lipinski definition) is 0. The molecule has 1 aromatic heterocycles. The van der Waals surface area contributed by atoms with Crippen molar-refractivity contribution in [2.45, 2.75) is 38.6 Å². The monoisotopic (exact) mass is 220 g/mol. The van der Waals surface area contributed by atoms with Crippen molar-refractivity contribution in [3.05, 3.63) is 17.5 Å². The standard InChI is InChI=1S/C12H16N2O2/c1-8-7-10(13-16-8)11-3-2-6-14(11)12(15)9-4-5-9/h7,9,11H,2-6H2,1H3. The van der Waals surface area contributed by atoms with E-state index in [1.165, 1.54) is 0 Å². The lowest BCUT2D eigenvalue weighted by atomic mass is 10.1. The summed E-state index contributed by atoms with van der Waals surface area (Å²) in [7, 11) is 0. The summed E-state index contributed by atoms with van der Waals surface area (Å²) in [4.78, 5) is 14.1. The van der Waals surface area contributed by atoms with Gasteiger partial charge in [0.15, 0.2) is 0 Å². The van der Waals surface area contributed by atoms with Crippen molar-refractivity contribution in [1.29, 1.82) is 0 Å². The topological polar surface area (TPSA) is 46.3 Å². The van der Waals surface area contributed by atoms with Gasteiger partial charge in [-0.1, -0.05) is 5.16 Å². The van der Waals surface area contributed by atoms with E-state index in [9.17, 15) is 4.79 Å². The average Bonchev–Trinajstić information content (AvgIpc) is 2.84. The highest BCUT2D eigenvalue weighted by molar-refractivity contribution is 5.81. The second-order valence-corrected chi connectivity index (χ2v) is 4.83. The number of aryl methyl sites for hydroxylation is 1. The van der Waals surface area contributed by atoms with Crippen LogP contribution in [0.25, 0.3) is 0 Å². The maximum atomic E-state index is 12.1. The van der Waals surface area contributed by atoms with E-state index >= 15 is 0 Å². The Morgan fingerprint density at radius 1 is 1.50 bits per heavy atom. The first kappa shape index (κ1) is 9.87. The van der Waals surface area contributed by atoms with E-state index in [4.69, 9.17) is 4.52 Å². The number of aromatic nitrogens is 1. The second-order valence-electron chi connectivity index (χ2n) is 4.83. The van der Waals surface area contributed by atoms with Crippen LogP contribution in [0.4, 0.5) is 0 Å². The molecule has 0 aromatic carbocycles. The molecule has 0 radical (unpaired) electrons. The molecule has 1 aliphatic carbocycles. The molecule has 1 aromatic rings. The summed E-state index contributed by atoms with van der Waals surface area (Å²) in [6, 6.07) is 2.11. The molecule has 0 spiro atoms. The van der Waals surface area contributed by atoms with Gasteiger partial charge in [-0.15, -0.1) is 0 Å². The molecular formula is C12H16N2O2. The van der Waals surface area contributed by atoms with Crippen LogP contribution in [0.1, 0.15) is 43.2 Å². The Morgan fingerprint density at radius 3 is 2.94 bits per heavy atom. The fourth-order valence-electron chi connectivity index (χ4n) is 2.45. The summed E-state index contributed by atoms with van der Waals surface area (Å²) in [6.07, 6.45) is 4.24. The van der Waals surface area contributed by atoms with Gasteiger partial charge < -0.3 is 9.42 Å². The minimum atomic E-state index is 0.158. The zero-order valence-corrected chi connectivity index (χ0v) is 9.48. The number of amides is 1. The van der Waals surface area contributed by atoms with Crippen LogP contribution >= 0.6 is 0 Å². The van der Waals surface area contributed by atoms with E-state index in [0.29, 0.717) is 11.8 Å². The Morgan fingerprint density at radius 2 is 2.31 bits per heavy atom. The zero-order chi connectivity index (χ0) is 11.1. The molecular weight excluding hydrogens is 204 g/mol. The largest absolute Gasteiger partial charge is 0.361 e. The van der Waals surface area contributed by atoms with Crippen LogP contribution in [-0.4, -0.2) is 22.5 Å². The Bertz CT molecular complexity index is 409. The molecule has 4 heteroatoms. The molecule has 1 atom stereocenters. The van der Waals surface area contributed by atoms with E-state index in [1.807, 2.05) is 17.9 Å². The summed E-state index contributed by atoms with van der Waals surface area (Å²) in [5.41, 5.74) is 0.920. The van der Waals surface area contributed by atoms with E-state index in [0.717, 1.165) is 43.7 Å². The molecule has 4 nitrogen and oxygen atoms in total. The van der Waals surface area contributed by atoms with Crippen molar-refractivity contribution in [3.63, 3.8) is 0 Å². The fraction of sp³-hybridized carbons (Fsp3) is 0.667. The van der Waals surface area contributed by atoms with Crippen LogP contribution < -0.4 is 0 Å². The summed E-state index contributed by atoms with van der Waals surface area (Å²) < 4.78 is 5.09. The van der Waals surface area contributed by atoms with Crippen molar-refractivity contribution in [3.8, 4) is 0 Å². The predicted octanol–water partition coefficient (Wildman–Crippen LogP) is 2.06. The predicted molar refractivity (Wildman–Crippen MR) is 57.7 cm³/mol. The van der Waals surface area contributed by atoms with Crippen LogP contribution in [0.15, 0.2) is 10.6 Å². The Hall–Kier alpha value is -1.32. The lowest BCUT2D eigenvalue weighted by Crippen LogP contribution is -2.31. The third-order valence-corrected chi connectivity index (χ3v) is 3.45. The SMILES string of the molecule is Cc1cc(C2CCCN2C(=O)C2CC2)no1. The molecule has 3 rings (SSSR count). The molecule has 1 saturated carbocycles. The maximum absolute atomic E-state index is 12.1. The Kier molecular flexibility index (Phi) is 2.23. The maximum Gasteiger partial charge on any atom is 0.226 e. The molecule has 16 heavy (non-hydrogen) atoms. The number of carbonyl (C=O) groups is 1. The van der Waals surface area contributed by atoms with E-state index < -0.39 is 0 Å². The third-order valence-electron chi connectivity index (χ3n) is 3.45.